The normalized spacial score (nSPS) is 28.3. The molecule has 4 rings (SSSR count). The number of carbonyl (C=O) groups is 1. The van der Waals surface area contributed by atoms with E-state index in [2.05, 4.69) is 20.8 Å². The monoisotopic (exact) mass is 473 g/mol. The van der Waals surface area contributed by atoms with Crippen LogP contribution in [0.4, 0.5) is 4.79 Å². The van der Waals surface area contributed by atoms with Gasteiger partial charge in [-0.15, -0.1) is 0 Å². The Morgan fingerprint density at radius 2 is 1.97 bits per heavy atom. The summed E-state index contributed by atoms with van der Waals surface area (Å²) in [5, 5.41) is 10.1. The fraction of sp³-hybridized carbons (Fsp3) is 0.750. The first-order chi connectivity index (χ1) is 15.9. The molecular formula is C28H43NO5. The minimum Gasteiger partial charge on any atom is -0.508 e. The van der Waals surface area contributed by atoms with Crippen LogP contribution in [0.5, 0.6) is 11.5 Å². The molecule has 1 spiro atoms. The number of carbonyl (C=O) groups excluding carboxylic acids is 1. The van der Waals surface area contributed by atoms with Gasteiger partial charge in [-0.25, -0.2) is 4.79 Å². The van der Waals surface area contributed by atoms with Crippen molar-refractivity contribution in [3.63, 3.8) is 0 Å². The van der Waals surface area contributed by atoms with Crippen LogP contribution in [-0.4, -0.2) is 47.0 Å². The van der Waals surface area contributed by atoms with E-state index in [-0.39, 0.29) is 34.9 Å². The Kier molecular flexibility index (Phi) is 6.84. The molecule has 0 unspecified atom stereocenters. The third-order valence-electron chi connectivity index (χ3n) is 7.95. The minimum absolute atomic E-state index is 0.0251. The molecule has 1 amide bonds. The Morgan fingerprint density at radius 3 is 2.62 bits per heavy atom. The maximum absolute atomic E-state index is 12.6. The second kappa shape index (κ2) is 9.25. The molecule has 1 aromatic rings. The van der Waals surface area contributed by atoms with Crippen LogP contribution < -0.4 is 4.74 Å². The molecule has 0 aliphatic carbocycles. The van der Waals surface area contributed by atoms with Crippen LogP contribution in [0, 0.1) is 17.3 Å². The molecule has 3 heterocycles. The van der Waals surface area contributed by atoms with Crippen molar-refractivity contribution in [2.75, 3.05) is 19.7 Å². The van der Waals surface area contributed by atoms with E-state index in [1.807, 2.05) is 31.7 Å². The van der Waals surface area contributed by atoms with Crippen molar-refractivity contribution in [2.45, 2.75) is 97.4 Å². The van der Waals surface area contributed by atoms with Crippen molar-refractivity contribution in [2.24, 2.45) is 17.3 Å². The number of amides is 1. The molecule has 34 heavy (non-hydrogen) atoms. The quantitative estimate of drug-likeness (QED) is 0.543. The SMILES string of the molecule is CC(C)CCC[C@]1(C)Oc2cc(O)ccc2[C@H]2OCC3(CCN(C(=O)OC(C)(C)C)CC3)C[C@@H]21. The van der Waals surface area contributed by atoms with Gasteiger partial charge in [0.15, 0.2) is 0 Å². The lowest BCUT2D eigenvalue weighted by molar-refractivity contribution is -0.180. The van der Waals surface area contributed by atoms with E-state index in [1.165, 1.54) is 6.42 Å². The highest BCUT2D eigenvalue weighted by molar-refractivity contribution is 5.68. The van der Waals surface area contributed by atoms with Crippen molar-refractivity contribution in [1.29, 1.82) is 0 Å². The van der Waals surface area contributed by atoms with Gasteiger partial charge in [-0.05, 0) is 83.3 Å². The average molecular weight is 474 g/mol. The number of fused-ring (bicyclic) bond motifs is 3. The molecule has 3 aliphatic heterocycles. The third-order valence-corrected chi connectivity index (χ3v) is 7.95. The molecule has 1 aromatic carbocycles. The van der Waals surface area contributed by atoms with Crippen LogP contribution in [0.25, 0.3) is 0 Å². The molecule has 0 bridgehead atoms. The van der Waals surface area contributed by atoms with Crippen LogP contribution >= 0.6 is 0 Å². The average Bonchev–Trinajstić information content (AvgIpc) is 2.73. The van der Waals surface area contributed by atoms with E-state index in [0.29, 0.717) is 25.6 Å². The molecule has 6 heteroatoms. The Hall–Kier alpha value is -1.95. The molecular weight excluding hydrogens is 430 g/mol. The van der Waals surface area contributed by atoms with E-state index in [0.717, 1.165) is 43.4 Å². The molecule has 0 radical (unpaired) electrons. The van der Waals surface area contributed by atoms with Gasteiger partial charge in [0.25, 0.3) is 0 Å². The van der Waals surface area contributed by atoms with Crippen LogP contribution in [0.3, 0.4) is 0 Å². The number of nitrogens with zero attached hydrogens (tertiary/aromatic N) is 1. The molecule has 2 fully saturated rings. The molecule has 0 aromatic heterocycles. The van der Waals surface area contributed by atoms with Crippen LogP contribution in [0.15, 0.2) is 18.2 Å². The first-order valence-electron chi connectivity index (χ1n) is 13.0. The largest absolute Gasteiger partial charge is 0.508 e. The summed E-state index contributed by atoms with van der Waals surface area (Å²) in [6, 6.07) is 5.42. The molecule has 2 saturated heterocycles. The third kappa shape index (κ3) is 5.32. The summed E-state index contributed by atoms with van der Waals surface area (Å²) in [6.45, 7) is 14.6. The fourth-order valence-electron chi connectivity index (χ4n) is 5.97. The van der Waals surface area contributed by atoms with E-state index in [1.54, 1.807) is 12.1 Å². The van der Waals surface area contributed by atoms with Crippen LogP contribution in [0.2, 0.25) is 0 Å². The Morgan fingerprint density at radius 1 is 1.26 bits per heavy atom. The topological polar surface area (TPSA) is 68.2 Å². The van der Waals surface area contributed by atoms with Gasteiger partial charge in [0.05, 0.1) is 12.7 Å². The minimum atomic E-state index is -0.480. The van der Waals surface area contributed by atoms with Gasteiger partial charge in [0, 0.05) is 30.6 Å². The zero-order chi connectivity index (χ0) is 24.7. The first kappa shape index (κ1) is 25.2. The van der Waals surface area contributed by atoms with Gasteiger partial charge in [0.2, 0.25) is 0 Å². The highest BCUT2D eigenvalue weighted by atomic mass is 16.6. The summed E-state index contributed by atoms with van der Waals surface area (Å²) in [7, 11) is 0. The van der Waals surface area contributed by atoms with E-state index >= 15 is 0 Å². The van der Waals surface area contributed by atoms with Crippen LogP contribution in [0.1, 0.15) is 91.7 Å². The van der Waals surface area contributed by atoms with Gasteiger partial charge in [-0.3, -0.25) is 0 Å². The summed E-state index contributed by atoms with van der Waals surface area (Å²) in [5.41, 5.74) is 0.268. The van der Waals surface area contributed by atoms with E-state index < -0.39 is 5.60 Å². The standard InChI is InChI=1S/C28H43NO5/c1-19(2)8-7-11-27(6)22-17-28(12-14-29(15-13-28)25(31)34-26(3,4)5)18-32-24(22)21-10-9-20(30)16-23(21)33-27/h9-10,16,19,22,24,30H,7-8,11-15,17-18H2,1-6H3/t22-,24+,27-/m0/s1. The van der Waals surface area contributed by atoms with Crippen molar-refractivity contribution in [1.82, 2.24) is 4.90 Å². The predicted octanol–water partition coefficient (Wildman–Crippen LogP) is 6.46. The molecule has 3 atom stereocenters. The number of rotatable bonds is 4. The summed E-state index contributed by atoms with van der Waals surface area (Å²) in [4.78, 5) is 14.4. The lowest BCUT2D eigenvalue weighted by atomic mass is 9.63. The van der Waals surface area contributed by atoms with Gasteiger partial charge < -0.3 is 24.2 Å². The predicted molar refractivity (Wildman–Crippen MR) is 132 cm³/mol. The van der Waals surface area contributed by atoms with Gasteiger partial charge in [-0.2, -0.15) is 0 Å². The smallest absolute Gasteiger partial charge is 0.410 e. The molecule has 0 saturated carbocycles. The van der Waals surface area contributed by atoms with E-state index in [9.17, 15) is 9.90 Å². The van der Waals surface area contributed by atoms with E-state index in [4.69, 9.17) is 14.2 Å². The fourth-order valence-corrected chi connectivity index (χ4v) is 5.97. The highest BCUT2D eigenvalue weighted by Gasteiger charge is 2.54. The Bertz CT molecular complexity index is 883. The number of benzene rings is 1. The second-order valence-electron chi connectivity index (χ2n) is 12.4. The zero-order valence-electron chi connectivity index (χ0n) is 21.9. The number of hydrogen-bond acceptors (Lipinski definition) is 5. The highest BCUT2D eigenvalue weighted by Crippen LogP contribution is 2.57. The first-order valence-corrected chi connectivity index (χ1v) is 13.0. The van der Waals surface area contributed by atoms with Crippen molar-refractivity contribution >= 4 is 6.09 Å². The number of hydrogen-bond donors (Lipinski definition) is 1. The second-order valence-corrected chi connectivity index (χ2v) is 12.4. The van der Waals surface area contributed by atoms with Crippen molar-refractivity contribution in [3.8, 4) is 11.5 Å². The summed E-state index contributed by atoms with van der Waals surface area (Å²) in [5.74, 6) is 1.87. The molecule has 3 aliphatic rings. The number of phenols is 1. The molecule has 190 valence electrons. The number of ether oxygens (including phenoxy) is 3. The van der Waals surface area contributed by atoms with Crippen molar-refractivity contribution < 1.29 is 24.1 Å². The lowest BCUT2D eigenvalue weighted by Crippen LogP contribution is -2.56. The van der Waals surface area contributed by atoms with Crippen molar-refractivity contribution in [3.05, 3.63) is 23.8 Å². The number of likely N-dealkylation sites (tertiary alicyclic amines) is 1. The maximum atomic E-state index is 12.6. The summed E-state index contributed by atoms with van der Waals surface area (Å²) < 4.78 is 18.9. The summed E-state index contributed by atoms with van der Waals surface area (Å²) >= 11 is 0. The summed E-state index contributed by atoms with van der Waals surface area (Å²) in [6.07, 6.45) is 5.85. The Balaban J connectivity index is 1.52. The van der Waals surface area contributed by atoms with Gasteiger partial charge >= 0.3 is 6.09 Å². The van der Waals surface area contributed by atoms with Gasteiger partial charge in [-0.1, -0.05) is 20.3 Å². The zero-order valence-corrected chi connectivity index (χ0v) is 21.9. The molecule has 1 N–H and O–H groups in total. The maximum Gasteiger partial charge on any atom is 0.410 e. The Labute approximate surface area is 204 Å². The van der Waals surface area contributed by atoms with Crippen LogP contribution in [-0.2, 0) is 9.47 Å². The molecule has 6 nitrogen and oxygen atoms in total. The van der Waals surface area contributed by atoms with Gasteiger partial charge in [0.1, 0.15) is 22.7 Å². The lowest BCUT2D eigenvalue weighted by Gasteiger charge is -2.55. The number of piperidine rings is 1. The number of aromatic hydroxyl groups is 1. The number of phenolic OH excluding ortho intramolecular Hbond substituents is 1.